The van der Waals surface area contributed by atoms with Crippen LogP contribution in [0.25, 0.3) is 22.0 Å². The molecule has 2 heterocycles. The second-order valence-electron chi connectivity index (χ2n) is 7.85. The Kier molecular flexibility index (Phi) is 5.29. The first-order valence-electron chi connectivity index (χ1n) is 9.19. The molecule has 0 unspecified atom stereocenters. The molecule has 0 amide bonds. The molecule has 0 fully saturated rings. The van der Waals surface area contributed by atoms with E-state index in [0.717, 1.165) is 27.6 Å². The molecule has 0 aliphatic carbocycles. The fraction of sp³-hybridized carbons (Fsp3) is 0.227. The Balaban J connectivity index is 2.12. The largest absolute Gasteiger partial charge is 0.401 e. The monoisotopic (exact) mass is 387 g/mol. The summed E-state index contributed by atoms with van der Waals surface area (Å²) < 4.78 is 0. The number of allylic oxidation sites excluding steroid dienone is 2. The number of nitrogen functional groups attached to an aromatic ring is 1. The van der Waals surface area contributed by atoms with E-state index in [1.54, 1.807) is 13.1 Å². The van der Waals surface area contributed by atoms with Gasteiger partial charge in [0.15, 0.2) is 5.82 Å². The van der Waals surface area contributed by atoms with E-state index in [4.69, 9.17) is 16.9 Å². The number of hydrogen-bond donors (Lipinski definition) is 5. The first-order valence-corrected chi connectivity index (χ1v) is 9.19. The molecule has 3 rings (SSSR count). The molecule has 1 aromatic carbocycles. The van der Waals surface area contributed by atoms with Crippen LogP contribution in [0.4, 0.5) is 11.6 Å². The van der Waals surface area contributed by atoms with E-state index in [-0.39, 0.29) is 5.41 Å². The van der Waals surface area contributed by atoms with Gasteiger partial charge in [0.05, 0.1) is 16.8 Å². The third-order valence-electron chi connectivity index (χ3n) is 4.20. The van der Waals surface area contributed by atoms with Crippen molar-refractivity contribution in [3.8, 4) is 23.0 Å². The van der Waals surface area contributed by atoms with E-state index in [9.17, 15) is 0 Å². The lowest BCUT2D eigenvalue weighted by atomic mass is 9.96. The molecule has 29 heavy (non-hydrogen) atoms. The number of pyridine rings is 1. The summed E-state index contributed by atoms with van der Waals surface area (Å²) in [5, 5.41) is 18.5. The fourth-order valence-electron chi connectivity index (χ4n) is 2.73. The van der Waals surface area contributed by atoms with Gasteiger partial charge in [-0.25, -0.2) is 4.98 Å². The number of hydrogen-bond acceptors (Lipinski definition) is 6. The molecule has 0 aliphatic rings. The molecule has 3 aromatic rings. The van der Waals surface area contributed by atoms with Gasteiger partial charge in [-0.05, 0) is 63.1 Å². The maximum Gasteiger partial charge on any atom is 0.153 e. The van der Waals surface area contributed by atoms with Gasteiger partial charge in [-0.15, -0.1) is 0 Å². The van der Waals surface area contributed by atoms with Gasteiger partial charge in [0.2, 0.25) is 0 Å². The van der Waals surface area contributed by atoms with Gasteiger partial charge in [0, 0.05) is 28.9 Å². The SMILES string of the molecule is C/C(N)=C(/C=N)Nc1cc(-c2cc(C#CC(C)(C)C)c3[nH]nc(N)c3c2)ccn1. The van der Waals surface area contributed by atoms with E-state index in [1.165, 1.54) is 6.21 Å². The van der Waals surface area contributed by atoms with Crippen LogP contribution in [0.15, 0.2) is 41.9 Å². The quantitative estimate of drug-likeness (QED) is 0.343. The lowest BCUT2D eigenvalue weighted by Gasteiger charge is -2.10. The average Bonchev–Trinajstić information content (AvgIpc) is 3.04. The summed E-state index contributed by atoms with van der Waals surface area (Å²) in [6.07, 6.45) is 2.87. The predicted octanol–water partition coefficient (Wildman–Crippen LogP) is 3.86. The Morgan fingerprint density at radius 2 is 2.00 bits per heavy atom. The van der Waals surface area contributed by atoms with E-state index in [0.29, 0.717) is 23.0 Å². The van der Waals surface area contributed by atoms with Crippen LogP contribution < -0.4 is 16.8 Å². The fourth-order valence-corrected chi connectivity index (χ4v) is 2.73. The minimum absolute atomic E-state index is 0.128. The molecule has 148 valence electrons. The van der Waals surface area contributed by atoms with Crippen molar-refractivity contribution in [2.75, 3.05) is 11.1 Å². The number of fused-ring (bicyclic) bond motifs is 1. The summed E-state index contributed by atoms with van der Waals surface area (Å²) in [5.74, 6) is 7.55. The number of anilines is 2. The second-order valence-corrected chi connectivity index (χ2v) is 7.85. The smallest absolute Gasteiger partial charge is 0.153 e. The molecule has 7 heteroatoms. The lowest BCUT2D eigenvalue weighted by molar-refractivity contribution is 0.571. The van der Waals surface area contributed by atoms with Gasteiger partial charge in [0.25, 0.3) is 0 Å². The lowest BCUT2D eigenvalue weighted by Crippen LogP contribution is -2.09. The average molecular weight is 387 g/mol. The van der Waals surface area contributed by atoms with Crippen molar-refractivity contribution in [1.82, 2.24) is 15.2 Å². The van der Waals surface area contributed by atoms with Gasteiger partial charge >= 0.3 is 0 Å². The van der Waals surface area contributed by atoms with Crippen LogP contribution in [0.3, 0.4) is 0 Å². The van der Waals surface area contributed by atoms with Crippen LogP contribution in [-0.4, -0.2) is 21.4 Å². The molecule has 0 spiro atoms. The molecule has 2 aromatic heterocycles. The van der Waals surface area contributed by atoms with Crippen molar-refractivity contribution < 1.29 is 0 Å². The van der Waals surface area contributed by atoms with Crippen molar-refractivity contribution in [1.29, 1.82) is 5.41 Å². The summed E-state index contributed by atoms with van der Waals surface area (Å²) in [6, 6.07) is 7.80. The molecule has 0 radical (unpaired) electrons. The van der Waals surface area contributed by atoms with Gasteiger partial charge in [-0.1, -0.05) is 11.8 Å². The van der Waals surface area contributed by atoms with Crippen molar-refractivity contribution >= 4 is 28.8 Å². The van der Waals surface area contributed by atoms with Crippen LogP contribution in [-0.2, 0) is 0 Å². The summed E-state index contributed by atoms with van der Waals surface area (Å²) in [5.41, 5.74) is 16.3. The molecular weight excluding hydrogens is 362 g/mol. The zero-order chi connectivity index (χ0) is 21.2. The Labute approximate surface area is 170 Å². The number of aromatic nitrogens is 3. The maximum absolute atomic E-state index is 7.49. The molecule has 0 saturated carbocycles. The minimum atomic E-state index is -0.128. The number of aromatic amines is 1. The van der Waals surface area contributed by atoms with Gasteiger partial charge in [-0.2, -0.15) is 5.10 Å². The van der Waals surface area contributed by atoms with Crippen molar-refractivity contribution in [2.24, 2.45) is 11.1 Å². The van der Waals surface area contributed by atoms with Crippen LogP contribution in [0.1, 0.15) is 33.3 Å². The maximum atomic E-state index is 7.49. The van der Waals surface area contributed by atoms with Crippen molar-refractivity contribution in [3.05, 3.63) is 47.4 Å². The number of benzene rings is 1. The Morgan fingerprint density at radius 1 is 1.24 bits per heavy atom. The van der Waals surface area contributed by atoms with Gasteiger partial charge in [-0.3, -0.25) is 5.10 Å². The van der Waals surface area contributed by atoms with Crippen molar-refractivity contribution in [2.45, 2.75) is 27.7 Å². The van der Waals surface area contributed by atoms with Crippen LogP contribution in [0.2, 0.25) is 0 Å². The molecule has 0 aliphatic heterocycles. The van der Waals surface area contributed by atoms with E-state index >= 15 is 0 Å². The Hall–Kier alpha value is -3.79. The highest BCUT2D eigenvalue weighted by Gasteiger charge is 2.12. The summed E-state index contributed by atoms with van der Waals surface area (Å²) in [6.45, 7) is 7.93. The van der Waals surface area contributed by atoms with Gasteiger partial charge in [0.1, 0.15) is 5.82 Å². The van der Waals surface area contributed by atoms with E-state index in [1.807, 2.05) is 24.3 Å². The number of nitrogens with zero attached hydrogens (tertiary/aromatic N) is 2. The standard InChI is InChI=1S/C22H25N7/c1-13(24)18(12-23)27-19-11-14(6-8-26-19)16-9-15(5-7-22(2,3)4)20-17(10-16)21(25)29-28-20/h6,8-12,23H,24H2,1-4H3,(H,26,27)(H3,25,28,29)/b18-13+,23-12?. The molecule has 0 atom stereocenters. The topological polar surface area (TPSA) is 129 Å². The summed E-state index contributed by atoms with van der Waals surface area (Å²) in [4.78, 5) is 4.32. The first kappa shape index (κ1) is 20.0. The summed E-state index contributed by atoms with van der Waals surface area (Å²) in [7, 11) is 0. The highest BCUT2D eigenvalue weighted by Crippen LogP contribution is 2.30. The summed E-state index contributed by atoms with van der Waals surface area (Å²) >= 11 is 0. The van der Waals surface area contributed by atoms with E-state index < -0.39 is 0 Å². The Morgan fingerprint density at radius 3 is 2.66 bits per heavy atom. The zero-order valence-corrected chi connectivity index (χ0v) is 17.0. The first-order chi connectivity index (χ1) is 13.7. The molecule has 0 saturated heterocycles. The number of H-pyrrole nitrogens is 1. The van der Waals surface area contributed by atoms with Crippen LogP contribution >= 0.6 is 0 Å². The third-order valence-corrected chi connectivity index (χ3v) is 4.20. The van der Waals surface area contributed by atoms with E-state index in [2.05, 4.69) is 53.1 Å². The zero-order valence-electron chi connectivity index (χ0n) is 17.0. The number of nitrogens with one attached hydrogen (secondary N) is 3. The second kappa shape index (κ2) is 7.68. The minimum Gasteiger partial charge on any atom is -0.401 e. The van der Waals surface area contributed by atoms with Crippen molar-refractivity contribution in [3.63, 3.8) is 0 Å². The molecular formula is C22H25N7. The highest BCUT2D eigenvalue weighted by molar-refractivity contribution is 5.96. The van der Waals surface area contributed by atoms with Crippen LogP contribution in [0.5, 0.6) is 0 Å². The number of nitrogens with two attached hydrogens (primary N) is 2. The van der Waals surface area contributed by atoms with Gasteiger partial charge < -0.3 is 22.2 Å². The number of rotatable bonds is 4. The Bertz CT molecular complexity index is 1160. The molecule has 0 bridgehead atoms. The normalized spacial score (nSPS) is 12.1. The molecule has 7 nitrogen and oxygen atoms in total. The highest BCUT2D eigenvalue weighted by atomic mass is 15.1. The third kappa shape index (κ3) is 4.55. The molecule has 7 N–H and O–H groups in total. The van der Waals surface area contributed by atoms with Crippen LogP contribution in [0, 0.1) is 22.7 Å². The predicted molar refractivity (Wildman–Crippen MR) is 119 cm³/mol.